The van der Waals surface area contributed by atoms with Crippen molar-refractivity contribution in [2.45, 2.75) is 12.6 Å². The van der Waals surface area contributed by atoms with Gasteiger partial charge < -0.3 is 9.47 Å². The summed E-state index contributed by atoms with van der Waals surface area (Å²) < 4.78 is 44.0. The Kier molecular flexibility index (Phi) is 7.24. The van der Waals surface area contributed by atoms with Gasteiger partial charge in [0.1, 0.15) is 6.61 Å². The van der Waals surface area contributed by atoms with Crippen LogP contribution < -0.4 is 0 Å². The van der Waals surface area contributed by atoms with Crippen LogP contribution in [0.2, 0.25) is 0 Å². The first-order chi connectivity index (χ1) is 7.37. The molecule has 3 nitrogen and oxygen atoms in total. The summed E-state index contributed by atoms with van der Waals surface area (Å²) in [4.78, 5) is 11.1. The average Bonchev–Trinajstić information content (AvgIpc) is 2.15. The predicted molar refractivity (Wildman–Crippen MR) is 55.4 cm³/mol. The van der Waals surface area contributed by atoms with E-state index in [9.17, 15) is 18.0 Å². The van der Waals surface area contributed by atoms with Gasteiger partial charge in [0.15, 0.2) is 0 Å². The quantitative estimate of drug-likeness (QED) is 0.328. The molecular weight excluding hydrogens is 245 g/mol. The second-order valence-electron chi connectivity index (χ2n) is 2.92. The van der Waals surface area contributed by atoms with E-state index in [4.69, 9.17) is 0 Å². The molecule has 7 heteroatoms. The zero-order chi connectivity index (χ0) is 12.6. The number of carbonyl (C=O) groups excluding carboxylic acids is 1. The maximum Gasteiger partial charge on any atom is 0.411 e. The van der Waals surface area contributed by atoms with Crippen LogP contribution in [0.25, 0.3) is 0 Å². The molecule has 0 aromatic heterocycles. The largest absolute Gasteiger partial charge is 0.462 e. The van der Waals surface area contributed by atoms with Gasteiger partial charge in [-0.2, -0.15) is 25.8 Å². The fourth-order valence-electron chi connectivity index (χ4n) is 0.680. The third-order valence-electron chi connectivity index (χ3n) is 1.37. The number of rotatable bonds is 7. The molecule has 0 fully saturated rings. The molecule has 0 rings (SSSR count). The average molecular weight is 258 g/mol. The van der Waals surface area contributed by atoms with Crippen LogP contribution in [0, 0.1) is 0 Å². The Morgan fingerprint density at radius 1 is 1.38 bits per heavy atom. The molecule has 0 aliphatic rings. The number of hydrogen-bond donors (Lipinski definition) is 1. The minimum Gasteiger partial charge on any atom is -0.462 e. The maximum atomic E-state index is 11.7. The van der Waals surface area contributed by atoms with Gasteiger partial charge in [-0.25, -0.2) is 4.79 Å². The molecule has 0 aromatic carbocycles. The van der Waals surface area contributed by atoms with Gasteiger partial charge in [0.25, 0.3) is 0 Å². The molecule has 0 bridgehead atoms. The summed E-state index contributed by atoms with van der Waals surface area (Å²) in [5.41, 5.74) is -0.136. The van der Waals surface area contributed by atoms with E-state index >= 15 is 0 Å². The SMILES string of the molecule is C=C(COCC(F)(F)F)C(=O)OCCCS. The van der Waals surface area contributed by atoms with Crippen LogP contribution in [0.5, 0.6) is 0 Å². The van der Waals surface area contributed by atoms with Gasteiger partial charge in [-0.15, -0.1) is 0 Å². The van der Waals surface area contributed by atoms with Crippen molar-refractivity contribution in [1.82, 2.24) is 0 Å². The molecule has 0 radical (unpaired) electrons. The predicted octanol–water partition coefficient (Wildman–Crippen LogP) is 1.98. The normalized spacial score (nSPS) is 11.2. The Labute approximate surface area is 97.0 Å². The zero-order valence-corrected chi connectivity index (χ0v) is 9.44. The van der Waals surface area contributed by atoms with Crippen molar-refractivity contribution in [3.05, 3.63) is 12.2 Å². The fraction of sp³-hybridized carbons (Fsp3) is 0.667. The van der Waals surface area contributed by atoms with Crippen molar-refractivity contribution >= 4 is 18.6 Å². The van der Waals surface area contributed by atoms with Crippen molar-refractivity contribution in [1.29, 1.82) is 0 Å². The second kappa shape index (κ2) is 7.56. The van der Waals surface area contributed by atoms with E-state index in [1.54, 1.807) is 0 Å². The lowest BCUT2D eigenvalue weighted by atomic mass is 10.3. The molecule has 0 aliphatic carbocycles. The molecule has 0 N–H and O–H groups in total. The highest BCUT2D eigenvalue weighted by atomic mass is 32.1. The number of thiol groups is 1. The number of hydrogen-bond acceptors (Lipinski definition) is 4. The molecule has 0 atom stereocenters. The monoisotopic (exact) mass is 258 g/mol. The molecule has 0 aliphatic heterocycles. The number of alkyl halides is 3. The van der Waals surface area contributed by atoms with E-state index < -0.39 is 25.4 Å². The summed E-state index contributed by atoms with van der Waals surface area (Å²) in [5, 5.41) is 0. The highest BCUT2D eigenvalue weighted by Crippen LogP contribution is 2.14. The van der Waals surface area contributed by atoms with Gasteiger partial charge in [-0.1, -0.05) is 6.58 Å². The Bertz CT molecular complexity index is 241. The maximum absolute atomic E-state index is 11.7. The molecule has 0 heterocycles. The lowest BCUT2D eigenvalue weighted by molar-refractivity contribution is -0.173. The first-order valence-corrected chi connectivity index (χ1v) is 5.10. The molecule has 0 aromatic rings. The van der Waals surface area contributed by atoms with Gasteiger partial charge in [0, 0.05) is 0 Å². The Morgan fingerprint density at radius 3 is 2.50 bits per heavy atom. The number of carbonyl (C=O) groups is 1. The zero-order valence-electron chi connectivity index (χ0n) is 8.55. The summed E-state index contributed by atoms with van der Waals surface area (Å²) in [7, 11) is 0. The van der Waals surface area contributed by atoms with E-state index in [1.165, 1.54) is 0 Å². The third kappa shape index (κ3) is 8.60. The van der Waals surface area contributed by atoms with Crippen LogP contribution in [0.3, 0.4) is 0 Å². The van der Waals surface area contributed by atoms with Crippen LogP contribution >= 0.6 is 12.6 Å². The highest BCUT2D eigenvalue weighted by Gasteiger charge is 2.27. The molecule has 0 amide bonds. The van der Waals surface area contributed by atoms with Crippen molar-refractivity contribution in [2.75, 3.05) is 25.6 Å². The first-order valence-electron chi connectivity index (χ1n) is 4.47. The minimum absolute atomic E-state index is 0.136. The molecule has 0 unspecified atom stereocenters. The lowest BCUT2D eigenvalue weighted by Gasteiger charge is -2.09. The number of ether oxygens (including phenoxy) is 2. The van der Waals surface area contributed by atoms with Gasteiger partial charge >= 0.3 is 12.1 Å². The van der Waals surface area contributed by atoms with Crippen molar-refractivity contribution < 1.29 is 27.4 Å². The Morgan fingerprint density at radius 2 is 2.00 bits per heavy atom. The van der Waals surface area contributed by atoms with Crippen LogP contribution in [0.15, 0.2) is 12.2 Å². The molecular formula is C9H13F3O3S. The topological polar surface area (TPSA) is 35.5 Å². The highest BCUT2D eigenvalue weighted by molar-refractivity contribution is 7.80. The molecule has 94 valence electrons. The number of esters is 1. The molecule has 0 saturated heterocycles. The Hall–Kier alpha value is -0.690. The van der Waals surface area contributed by atoms with Gasteiger partial charge in [-0.3, -0.25) is 0 Å². The third-order valence-corrected chi connectivity index (χ3v) is 1.68. The van der Waals surface area contributed by atoms with E-state index in [-0.39, 0.29) is 12.2 Å². The molecule has 16 heavy (non-hydrogen) atoms. The van der Waals surface area contributed by atoms with Crippen LogP contribution in [-0.4, -0.2) is 37.7 Å². The van der Waals surface area contributed by atoms with E-state index in [2.05, 4.69) is 28.7 Å². The summed E-state index contributed by atoms with van der Waals surface area (Å²) in [6.07, 6.45) is -3.83. The van der Waals surface area contributed by atoms with E-state index in [1.807, 2.05) is 0 Å². The van der Waals surface area contributed by atoms with Gasteiger partial charge in [-0.05, 0) is 12.2 Å². The number of halogens is 3. The Balaban J connectivity index is 3.68. The smallest absolute Gasteiger partial charge is 0.411 e. The molecule has 0 spiro atoms. The van der Waals surface area contributed by atoms with Crippen molar-refractivity contribution in [3.8, 4) is 0 Å². The van der Waals surface area contributed by atoms with E-state index in [0.717, 1.165) is 0 Å². The summed E-state index contributed by atoms with van der Waals surface area (Å²) >= 11 is 3.90. The van der Waals surface area contributed by atoms with Crippen LogP contribution in [0.1, 0.15) is 6.42 Å². The fourth-order valence-corrected chi connectivity index (χ4v) is 0.809. The van der Waals surface area contributed by atoms with Crippen LogP contribution in [0.4, 0.5) is 13.2 Å². The summed E-state index contributed by atoms with van der Waals surface area (Å²) in [5.74, 6) is -0.186. The summed E-state index contributed by atoms with van der Waals surface area (Å²) in [6, 6.07) is 0. The van der Waals surface area contributed by atoms with Gasteiger partial charge in [0.2, 0.25) is 0 Å². The van der Waals surface area contributed by atoms with Crippen molar-refractivity contribution in [3.63, 3.8) is 0 Å². The second-order valence-corrected chi connectivity index (χ2v) is 3.37. The van der Waals surface area contributed by atoms with E-state index in [0.29, 0.717) is 12.2 Å². The van der Waals surface area contributed by atoms with Crippen LogP contribution in [-0.2, 0) is 14.3 Å². The molecule has 0 saturated carbocycles. The minimum atomic E-state index is -4.41. The summed E-state index contributed by atoms with van der Waals surface area (Å²) in [6.45, 7) is 1.54. The lowest BCUT2D eigenvalue weighted by Crippen LogP contribution is -2.20. The van der Waals surface area contributed by atoms with Crippen molar-refractivity contribution in [2.24, 2.45) is 0 Å². The van der Waals surface area contributed by atoms with Gasteiger partial charge in [0.05, 0.1) is 18.8 Å². The standard InChI is InChI=1S/C9H13F3O3S/c1-7(5-14-6-9(10,11)12)8(13)15-3-2-4-16/h16H,1-6H2. The first kappa shape index (κ1) is 15.3.